The molecule has 1 fully saturated rings. The van der Waals surface area contributed by atoms with E-state index in [0.717, 1.165) is 4.90 Å². The van der Waals surface area contributed by atoms with Crippen LogP contribution >= 0.6 is 12.6 Å². The average molecular weight is 420 g/mol. The van der Waals surface area contributed by atoms with E-state index in [1.807, 2.05) is 0 Å². The maximum Gasteiger partial charge on any atom is 0.327 e. The molecule has 158 valence electrons. The number of nitrogens with two attached hydrogens (primary N) is 1. The minimum absolute atomic E-state index is 0.140. The number of nitrogens with one attached hydrogen (secondary N) is 2. The Morgan fingerprint density at radius 2 is 1.79 bits per heavy atom. The van der Waals surface area contributed by atoms with Gasteiger partial charge in [-0.2, -0.15) is 12.6 Å². The molecule has 1 saturated heterocycles. The molecule has 28 heavy (non-hydrogen) atoms. The maximum atomic E-state index is 12.6. The summed E-state index contributed by atoms with van der Waals surface area (Å²) in [6.07, 6.45) is 0.0847. The van der Waals surface area contributed by atoms with E-state index in [0.29, 0.717) is 6.42 Å². The van der Waals surface area contributed by atoms with Crippen LogP contribution in [0.25, 0.3) is 0 Å². The quantitative estimate of drug-likeness (QED) is 0.177. The van der Waals surface area contributed by atoms with Crippen molar-refractivity contribution >= 4 is 42.3 Å². The van der Waals surface area contributed by atoms with Gasteiger partial charge in [0.15, 0.2) is 0 Å². The molecule has 0 saturated carbocycles. The zero-order valence-corrected chi connectivity index (χ0v) is 15.8. The number of carbonyl (C=O) groups excluding carboxylic acids is 3. The number of rotatable bonds is 10. The van der Waals surface area contributed by atoms with Gasteiger partial charge in [-0.3, -0.25) is 19.2 Å². The lowest BCUT2D eigenvalue weighted by atomic mass is 10.1. The van der Waals surface area contributed by atoms with Crippen LogP contribution in [0.4, 0.5) is 0 Å². The van der Waals surface area contributed by atoms with Gasteiger partial charge < -0.3 is 36.6 Å². The van der Waals surface area contributed by atoms with Crippen LogP contribution in [-0.4, -0.2) is 93.0 Å². The van der Waals surface area contributed by atoms with Crippen LogP contribution in [0.5, 0.6) is 0 Å². The van der Waals surface area contributed by atoms with Crippen molar-refractivity contribution in [2.75, 3.05) is 18.9 Å². The van der Waals surface area contributed by atoms with E-state index < -0.39 is 66.9 Å². The van der Waals surface area contributed by atoms with E-state index in [1.165, 1.54) is 0 Å². The van der Waals surface area contributed by atoms with Gasteiger partial charge in [0.2, 0.25) is 17.7 Å². The smallest absolute Gasteiger partial charge is 0.327 e. The Morgan fingerprint density at radius 1 is 1.14 bits per heavy atom. The normalized spacial score (nSPS) is 19.4. The Kier molecular flexibility index (Phi) is 9.15. The summed E-state index contributed by atoms with van der Waals surface area (Å²) in [5.74, 6) is -5.09. The fourth-order valence-corrected chi connectivity index (χ4v) is 2.95. The molecule has 1 rings (SSSR count). The van der Waals surface area contributed by atoms with Gasteiger partial charge in [-0.25, -0.2) is 4.79 Å². The number of carboxylic acid groups (broad SMARTS) is 2. The third-order valence-electron chi connectivity index (χ3n) is 4.16. The molecule has 0 spiro atoms. The zero-order valence-electron chi connectivity index (χ0n) is 14.9. The van der Waals surface area contributed by atoms with Crippen molar-refractivity contribution in [1.29, 1.82) is 0 Å². The minimum atomic E-state index is -1.42. The molecule has 13 heteroatoms. The Bertz CT molecular complexity index is 631. The molecular formula is C15H24N4O8S. The monoisotopic (exact) mass is 420 g/mol. The first kappa shape index (κ1) is 23.7. The van der Waals surface area contributed by atoms with Gasteiger partial charge in [-0.15, -0.1) is 0 Å². The maximum absolute atomic E-state index is 12.6. The van der Waals surface area contributed by atoms with Gasteiger partial charge in [0.1, 0.15) is 18.1 Å². The van der Waals surface area contributed by atoms with Crippen molar-refractivity contribution in [3.05, 3.63) is 0 Å². The number of hydrogen-bond acceptors (Lipinski definition) is 8. The van der Waals surface area contributed by atoms with Crippen molar-refractivity contribution in [3.8, 4) is 0 Å². The van der Waals surface area contributed by atoms with Crippen LogP contribution in [0.2, 0.25) is 0 Å². The average Bonchev–Trinajstić information content (AvgIpc) is 3.12. The Hall–Kier alpha value is -2.38. The van der Waals surface area contributed by atoms with E-state index in [9.17, 15) is 29.1 Å². The lowest BCUT2D eigenvalue weighted by Gasteiger charge is -2.29. The van der Waals surface area contributed by atoms with Crippen LogP contribution in [0.3, 0.4) is 0 Å². The van der Waals surface area contributed by atoms with Gasteiger partial charge >= 0.3 is 11.9 Å². The van der Waals surface area contributed by atoms with Crippen LogP contribution < -0.4 is 16.4 Å². The summed E-state index contributed by atoms with van der Waals surface area (Å²) in [6.45, 7) is -0.618. The number of aliphatic hydroxyl groups is 1. The highest BCUT2D eigenvalue weighted by molar-refractivity contribution is 7.80. The number of thiol groups is 1. The zero-order chi connectivity index (χ0) is 21.4. The molecular weight excluding hydrogens is 396 g/mol. The molecule has 0 aliphatic carbocycles. The number of carbonyl (C=O) groups is 5. The molecule has 0 bridgehead atoms. The number of aliphatic carboxylic acids is 2. The van der Waals surface area contributed by atoms with E-state index in [1.54, 1.807) is 0 Å². The number of nitrogens with zero attached hydrogens (tertiary/aromatic N) is 1. The largest absolute Gasteiger partial charge is 0.481 e. The van der Waals surface area contributed by atoms with Crippen molar-refractivity contribution < 1.29 is 39.3 Å². The molecule has 0 aromatic heterocycles. The Balaban J connectivity index is 2.80. The van der Waals surface area contributed by atoms with Crippen LogP contribution in [0, 0.1) is 0 Å². The number of aliphatic hydroxyl groups excluding tert-OH is 1. The molecule has 4 unspecified atom stereocenters. The van der Waals surface area contributed by atoms with Crippen molar-refractivity contribution in [3.63, 3.8) is 0 Å². The first-order valence-electron chi connectivity index (χ1n) is 8.45. The highest BCUT2D eigenvalue weighted by Crippen LogP contribution is 2.19. The summed E-state index contributed by atoms with van der Waals surface area (Å²) in [4.78, 5) is 59.7. The van der Waals surface area contributed by atoms with Crippen LogP contribution in [-0.2, 0) is 24.0 Å². The Morgan fingerprint density at radius 3 is 2.29 bits per heavy atom. The minimum Gasteiger partial charge on any atom is -0.481 e. The first-order valence-corrected chi connectivity index (χ1v) is 9.08. The molecule has 0 radical (unpaired) electrons. The summed E-state index contributed by atoms with van der Waals surface area (Å²) in [6, 6.07) is -5.02. The third kappa shape index (κ3) is 6.35. The van der Waals surface area contributed by atoms with Crippen molar-refractivity contribution in [2.24, 2.45) is 5.73 Å². The van der Waals surface area contributed by atoms with E-state index in [4.69, 9.17) is 15.9 Å². The third-order valence-corrected chi connectivity index (χ3v) is 4.53. The van der Waals surface area contributed by atoms with Gasteiger partial charge in [0.05, 0.1) is 19.1 Å². The molecule has 12 nitrogen and oxygen atoms in total. The van der Waals surface area contributed by atoms with E-state index in [-0.39, 0.29) is 18.7 Å². The van der Waals surface area contributed by atoms with Gasteiger partial charge in [-0.1, -0.05) is 0 Å². The molecule has 1 heterocycles. The standard InChI is InChI=1S/C15H24N4O8S/c16-7(4-11(21)22)12(23)17-8(5-20)14(25)19-3-1-2-10(19)13(24)18-9(6-28)15(26)27/h7-10,20,28H,1-6,16H2,(H,17,23)(H,18,24)(H,21,22)(H,26,27). The second-order valence-corrected chi connectivity index (χ2v) is 6.58. The van der Waals surface area contributed by atoms with Crippen LogP contribution in [0.15, 0.2) is 0 Å². The second-order valence-electron chi connectivity index (χ2n) is 6.22. The lowest BCUT2D eigenvalue weighted by Crippen LogP contribution is -2.58. The number of carboxylic acids is 2. The summed E-state index contributed by atoms with van der Waals surface area (Å²) in [7, 11) is 0. The first-order chi connectivity index (χ1) is 13.1. The number of hydrogen-bond donors (Lipinski definition) is 7. The summed E-state index contributed by atoms with van der Waals surface area (Å²) in [5, 5.41) is 31.6. The predicted molar refractivity (Wildman–Crippen MR) is 97.4 cm³/mol. The number of likely N-dealkylation sites (tertiary alicyclic amines) is 1. The summed E-state index contributed by atoms with van der Waals surface area (Å²) >= 11 is 3.85. The second kappa shape index (κ2) is 10.8. The van der Waals surface area contributed by atoms with Gasteiger partial charge in [0.25, 0.3) is 0 Å². The summed E-state index contributed by atoms with van der Waals surface area (Å²) in [5.41, 5.74) is 5.42. The fourth-order valence-electron chi connectivity index (χ4n) is 2.70. The predicted octanol–water partition coefficient (Wildman–Crippen LogP) is -3.24. The van der Waals surface area contributed by atoms with E-state index >= 15 is 0 Å². The highest BCUT2D eigenvalue weighted by atomic mass is 32.1. The molecule has 4 atom stereocenters. The number of amides is 3. The molecule has 1 aliphatic heterocycles. The van der Waals surface area contributed by atoms with Crippen molar-refractivity contribution in [2.45, 2.75) is 43.4 Å². The Labute approximate surface area is 165 Å². The molecule has 0 aromatic carbocycles. The molecule has 0 aromatic rings. The molecule has 3 amide bonds. The van der Waals surface area contributed by atoms with Gasteiger partial charge in [0, 0.05) is 12.3 Å². The SMILES string of the molecule is NC(CC(=O)O)C(=O)NC(CO)C(=O)N1CCCC1C(=O)NC(CS)C(=O)O. The highest BCUT2D eigenvalue weighted by Gasteiger charge is 2.38. The van der Waals surface area contributed by atoms with Crippen LogP contribution in [0.1, 0.15) is 19.3 Å². The molecule has 7 N–H and O–H groups in total. The van der Waals surface area contributed by atoms with Crippen molar-refractivity contribution in [1.82, 2.24) is 15.5 Å². The fraction of sp³-hybridized carbons (Fsp3) is 0.667. The lowest BCUT2D eigenvalue weighted by molar-refractivity contribution is -0.145. The van der Waals surface area contributed by atoms with E-state index in [2.05, 4.69) is 23.3 Å². The summed E-state index contributed by atoms with van der Waals surface area (Å²) < 4.78 is 0. The topological polar surface area (TPSA) is 199 Å². The van der Waals surface area contributed by atoms with Gasteiger partial charge in [-0.05, 0) is 12.8 Å². The molecule has 1 aliphatic rings.